The fourth-order valence-corrected chi connectivity index (χ4v) is 6.14. The lowest BCUT2D eigenvalue weighted by Gasteiger charge is -2.41. The third-order valence-electron chi connectivity index (χ3n) is 5.49. The van der Waals surface area contributed by atoms with Crippen molar-refractivity contribution in [2.75, 3.05) is 38.5 Å². The maximum Gasteiger partial charge on any atom is 0.236 e. The molecular weight excluding hydrogens is 314 g/mol. The smallest absolute Gasteiger partial charge is 0.236 e. The Kier molecular flexibility index (Phi) is 5.59. The van der Waals surface area contributed by atoms with Gasteiger partial charge in [-0.15, -0.1) is 0 Å². The van der Waals surface area contributed by atoms with E-state index in [1.54, 1.807) is 4.31 Å². The van der Waals surface area contributed by atoms with Gasteiger partial charge in [-0.2, -0.15) is 4.31 Å². The Balaban J connectivity index is 1.61. The molecule has 1 saturated carbocycles. The molecule has 7 heteroatoms. The number of carbonyl (C=O) groups excluding carboxylic acids is 1. The molecule has 3 aliphatic rings. The number of nitrogens with one attached hydrogen (secondary N) is 1. The first-order valence-electron chi connectivity index (χ1n) is 9.04. The van der Waals surface area contributed by atoms with E-state index in [4.69, 9.17) is 0 Å². The molecule has 1 aliphatic carbocycles. The predicted molar refractivity (Wildman–Crippen MR) is 89.5 cm³/mol. The number of piperazine rings is 1. The van der Waals surface area contributed by atoms with Gasteiger partial charge in [0.25, 0.3) is 0 Å². The van der Waals surface area contributed by atoms with E-state index in [1.165, 1.54) is 6.42 Å². The highest BCUT2D eigenvalue weighted by molar-refractivity contribution is 7.89. The quantitative estimate of drug-likeness (QED) is 0.819. The van der Waals surface area contributed by atoms with Crippen molar-refractivity contribution in [1.29, 1.82) is 0 Å². The molecule has 0 aromatic carbocycles. The van der Waals surface area contributed by atoms with Crippen LogP contribution in [0.3, 0.4) is 0 Å². The number of carbonyl (C=O) groups is 1. The Morgan fingerprint density at radius 2 is 1.83 bits per heavy atom. The molecule has 0 aromatic heterocycles. The normalized spacial score (nSPS) is 29.0. The Labute approximate surface area is 139 Å². The molecule has 3 fully saturated rings. The third kappa shape index (κ3) is 4.25. The van der Waals surface area contributed by atoms with Crippen LogP contribution in [0.15, 0.2) is 0 Å². The summed E-state index contributed by atoms with van der Waals surface area (Å²) < 4.78 is 27.2. The number of rotatable bonds is 4. The van der Waals surface area contributed by atoms with Crippen molar-refractivity contribution in [2.45, 2.75) is 51.0 Å². The van der Waals surface area contributed by atoms with Crippen molar-refractivity contribution < 1.29 is 13.2 Å². The van der Waals surface area contributed by atoms with Crippen LogP contribution in [0.2, 0.25) is 0 Å². The monoisotopic (exact) mass is 343 g/mol. The number of hydrogen-bond donors (Lipinski definition) is 1. The van der Waals surface area contributed by atoms with Crippen LogP contribution in [-0.2, 0) is 14.8 Å². The molecule has 0 radical (unpaired) electrons. The van der Waals surface area contributed by atoms with Crippen molar-refractivity contribution in [2.24, 2.45) is 5.92 Å². The summed E-state index contributed by atoms with van der Waals surface area (Å²) in [5, 5.41) is 3.08. The summed E-state index contributed by atoms with van der Waals surface area (Å²) in [6.07, 6.45) is 7.44. The first-order valence-corrected chi connectivity index (χ1v) is 10.7. The van der Waals surface area contributed by atoms with Gasteiger partial charge >= 0.3 is 0 Å². The van der Waals surface area contributed by atoms with Gasteiger partial charge in [-0.1, -0.05) is 19.3 Å². The summed E-state index contributed by atoms with van der Waals surface area (Å²) in [6.45, 7) is 2.98. The van der Waals surface area contributed by atoms with Crippen LogP contribution < -0.4 is 5.32 Å². The molecule has 2 aliphatic heterocycles. The van der Waals surface area contributed by atoms with E-state index < -0.39 is 10.0 Å². The zero-order valence-electron chi connectivity index (χ0n) is 13.9. The van der Waals surface area contributed by atoms with Gasteiger partial charge in [0.05, 0.1) is 12.3 Å². The molecule has 0 spiro atoms. The zero-order chi connectivity index (χ0) is 16.3. The highest BCUT2D eigenvalue weighted by Crippen LogP contribution is 2.27. The van der Waals surface area contributed by atoms with Crippen molar-refractivity contribution in [3.05, 3.63) is 0 Å². The Morgan fingerprint density at radius 3 is 2.57 bits per heavy atom. The average Bonchev–Trinajstić information content (AvgIpc) is 2.56. The summed E-state index contributed by atoms with van der Waals surface area (Å²) in [5.41, 5.74) is 0. The predicted octanol–water partition coefficient (Wildman–Crippen LogP) is 0.793. The van der Waals surface area contributed by atoms with Gasteiger partial charge in [-0.05, 0) is 31.6 Å². The highest BCUT2D eigenvalue weighted by Gasteiger charge is 2.35. The molecular formula is C16H29N3O3S. The van der Waals surface area contributed by atoms with Crippen LogP contribution in [0.1, 0.15) is 44.9 Å². The standard InChI is InChI=1S/C16H29N3O3S/c20-16-11-17-8-10-19(16)15-7-4-9-18(12-15)23(21,22)13-14-5-2-1-3-6-14/h14-15,17H,1-13H2. The van der Waals surface area contributed by atoms with Crippen molar-refractivity contribution in [1.82, 2.24) is 14.5 Å². The topological polar surface area (TPSA) is 69.7 Å². The van der Waals surface area contributed by atoms with Gasteiger partial charge in [0.1, 0.15) is 0 Å². The molecule has 1 amide bonds. The summed E-state index contributed by atoms with van der Waals surface area (Å²) in [4.78, 5) is 13.9. The molecule has 6 nitrogen and oxygen atoms in total. The minimum atomic E-state index is -3.19. The van der Waals surface area contributed by atoms with E-state index in [1.807, 2.05) is 4.90 Å². The summed E-state index contributed by atoms with van der Waals surface area (Å²) in [6, 6.07) is 0.0551. The van der Waals surface area contributed by atoms with E-state index in [9.17, 15) is 13.2 Å². The van der Waals surface area contributed by atoms with E-state index in [0.717, 1.165) is 45.1 Å². The Hall–Kier alpha value is -0.660. The second kappa shape index (κ2) is 7.49. The molecule has 1 unspecified atom stereocenters. The van der Waals surface area contributed by atoms with Gasteiger partial charge in [-0.3, -0.25) is 4.79 Å². The first kappa shape index (κ1) is 17.2. The van der Waals surface area contributed by atoms with Gasteiger partial charge in [0, 0.05) is 32.2 Å². The first-order chi connectivity index (χ1) is 11.1. The van der Waals surface area contributed by atoms with Crippen molar-refractivity contribution in [3.63, 3.8) is 0 Å². The maximum atomic E-state index is 12.8. The van der Waals surface area contributed by atoms with Crippen LogP contribution >= 0.6 is 0 Å². The van der Waals surface area contributed by atoms with Gasteiger partial charge in [0.15, 0.2) is 0 Å². The van der Waals surface area contributed by atoms with Crippen LogP contribution in [0.4, 0.5) is 0 Å². The second-order valence-electron chi connectivity index (χ2n) is 7.20. The van der Waals surface area contributed by atoms with E-state index >= 15 is 0 Å². The maximum absolute atomic E-state index is 12.8. The summed E-state index contributed by atoms with van der Waals surface area (Å²) in [5.74, 6) is 0.734. The average molecular weight is 343 g/mol. The van der Waals surface area contributed by atoms with Crippen LogP contribution in [0.25, 0.3) is 0 Å². The lowest BCUT2D eigenvalue weighted by molar-refractivity contribution is -0.135. The van der Waals surface area contributed by atoms with E-state index in [-0.39, 0.29) is 11.9 Å². The van der Waals surface area contributed by atoms with E-state index in [2.05, 4.69) is 5.32 Å². The fourth-order valence-electron chi connectivity index (χ4n) is 4.19. The zero-order valence-corrected chi connectivity index (χ0v) is 14.7. The molecule has 2 saturated heterocycles. The van der Waals surface area contributed by atoms with Crippen LogP contribution in [0, 0.1) is 5.92 Å². The number of piperidine rings is 1. The second-order valence-corrected chi connectivity index (χ2v) is 9.21. The third-order valence-corrected chi connectivity index (χ3v) is 7.50. The number of amides is 1. The summed E-state index contributed by atoms with van der Waals surface area (Å²) in [7, 11) is -3.19. The SMILES string of the molecule is O=C1CNCCN1C1CCCN(S(=O)(=O)CC2CCCCC2)C1. The molecule has 1 atom stereocenters. The molecule has 0 bridgehead atoms. The molecule has 132 valence electrons. The highest BCUT2D eigenvalue weighted by atomic mass is 32.2. The minimum absolute atomic E-state index is 0.0551. The van der Waals surface area contributed by atoms with E-state index in [0.29, 0.717) is 37.8 Å². The van der Waals surface area contributed by atoms with Crippen molar-refractivity contribution in [3.8, 4) is 0 Å². The van der Waals surface area contributed by atoms with Gasteiger partial charge in [-0.25, -0.2) is 8.42 Å². The van der Waals surface area contributed by atoms with Gasteiger partial charge < -0.3 is 10.2 Å². The number of nitrogens with zero attached hydrogens (tertiary/aromatic N) is 2. The lowest BCUT2D eigenvalue weighted by atomic mass is 9.91. The molecule has 3 rings (SSSR count). The lowest BCUT2D eigenvalue weighted by Crippen LogP contribution is -2.57. The molecule has 1 N–H and O–H groups in total. The van der Waals surface area contributed by atoms with Crippen LogP contribution in [-0.4, -0.2) is 68.0 Å². The fraction of sp³-hybridized carbons (Fsp3) is 0.938. The Bertz CT molecular complexity index is 517. The Morgan fingerprint density at radius 1 is 1.04 bits per heavy atom. The number of hydrogen-bond acceptors (Lipinski definition) is 4. The van der Waals surface area contributed by atoms with Crippen LogP contribution in [0.5, 0.6) is 0 Å². The molecule has 23 heavy (non-hydrogen) atoms. The molecule has 0 aromatic rings. The number of sulfonamides is 1. The minimum Gasteiger partial charge on any atom is -0.336 e. The summed E-state index contributed by atoms with van der Waals surface area (Å²) >= 11 is 0. The van der Waals surface area contributed by atoms with Crippen molar-refractivity contribution >= 4 is 15.9 Å². The molecule has 2 heterocycles. The van der Waals surface area contributed by atoms with Gasteiger partial charge in [0.2, 0.25) is 15.9 Å². The largest absolute Gasteiger partial charge is 0.336 e.